The highest BCUT2D eigenvalue weighted by atomic mass is 16.5. The maximum atomic E-state index is 11.7. The molecule has 7 nitrogen and oxygen atoms in total. The van der Waals surface area contributed by atoms with Crippen LogP contribution in [0.15, 0.2) is 48.8 Å². The Kier molecular flexibility index (Phi) is 4.60. The van der Waals surface area contributed by atoms with Crippen LogP contribution >= 0.6 is 0 Å². The van der Waals surface area contributed by atoms with Gasteiger partial charge in [-0.25, -0.2) is 9.97 Å². The van der Waals surface area contributed by atoms with E-state index in [9.17, 15) is 4.79 Å². The molecule has 0 aliphatic carbocycles. The van der Waals surface area contributed by atoms with Gasteiger partial charge in [-0.3, -0.25) is 4.79 Å². The van der Waals surface area contributed by atoms with Gasteiger partial charge in [0, 0.05) is 30.4 Å². The average Bonchev–Trinajstić information content (AvgIpc) is 3.16. The van der Waals surface area contributed by atoms with Crippen molar-refractivity contribution in [3.8, 4) is 5.75 Å². The minimum atomic E-state index is -0.498. The van der Waals surface area contributed by atoms with Crippen molar-refractivity contribution in [3.05, 3.63) is 59.9 Å². The van der Waals surface area contributed by atoms with E-state index in [4.69, 9.17) is 10.5 Å². The van der Waals surface area contributed by atoms with E-state index in [1.165, 1.54) is 11.9 Å². The van der Waals surface area contributed by atoms with Crippen LogP contribution in [0.4, 0.5) is 5.82 Å². The first kappa shape index (κ1) is 17.2. The van der Waals surface area contributed by atoms with Crippen LogP contribution in [-0.2, 0) is 0 Å². The van der Waals surface area contributed by atoms with Crippen LogP contribution in [0.25, 0.3) is 10.9 Å². The summed E-state index contributed by atoms with van der Waals surface area (Å²) in [6, 6.07) is 13.6. The maximum Gasteiger partial charge on any atom is 0.250 e. The number of nitrogens with one attached hydrogen (secondary N) is 2. The number of carbonyl (C=O) groups excluding carboxylic acids is 1. The SMILES string of the molecule is COc1cccc([C@@H]2CNC[C@@H]2Nc2ncnc3c(C(N)=O)cccc23)c1. The van der Waals surface area contributed by atoms with Crippen LogP contribution in [0.1, 0.15) is 21.8 Å². The molecule has 0 spiro atoms. The lowest BCUT2D eigenvalue weighted by molar-refractivity contribution is 0.100. The molecule has 1 saturated heterocycles. The summed E-state index contributed by atoms with van der Waals surface area (Å²) in [6.45, 7) is 1.67. The fourth-order valence-electron chi connectivity index (χ4n) is 3.63. The minimum absolute atomic E-state index is 0.146. The molecular weight excluding hydrogens is 342 g/mol. The molecule has 1 aliphatic heterocycles. The number of hydrogen-bond acceptors (Lipinski definition) is 6. The van der Waals surface area contributed by atoms with Crippen molar-refractivity contribution in [1.29, 1.82) is 0 Å². The van der Waals surface area contributed by atoms with Crippen molar-refractivity contribution in [2.45, 2.75) is 12.0 Å². The topological polar surface area (TPSA) is 102 Å². The number of nitrogens with zero attached hydrogens (tertiary/aromatic N) is 2. The van der Waals surface area contributed by atoms with E-state index in [0.29, 0.717) is 16.9 Å². The van der Waals surface area contributed by atoms with Crippen LogP contribution in [0.3, 0.4) is 0 Å². The number of primary amides is 1. The summed E-state index contributed by atoms with van der Waals surface area (Å²) >= 11 is 0. The van der Waals surface area contributed by atoms with Gasteiger partial charge in [0.1, 0.15) is 17.9 Å². The van der Waals surface area contributed by atoms with E-state index in [2.05, 4.69) is 32.7 Å². The number of nitrogens with two attached hydrogens (primary N) is 1. The number of methoxy groups -OCH3 is 1. The Labute approximate surface area is 157 Å². The van der Waals surface area contributed by atoms with Crippen molar-refractivity contribution in [1.82, 2.24) is 15.3 Å². The second kappa shape index (κ2) is 7.20. The van der Waals surface area contributed by atoms with Crippen LogP contribution in [0.5, 0.6) is 5.75 Å². The lowest BCUT2D eigenvalue weighted by Crippen LogP contribution is -2.27. The van der Waals surface area contributed by atoms with Gasteiger partial charge in [0.25, 0.3) is 5.91 Å². The first-order valence-corrected chi connectivity index (χ1v) is 8.82. The number of hydrogen-bond donors (Lipinski definition) is 3. The summed E-state index contributed by atoms with van der Waals surface area (Å²) in [5.41, 5.74) is 7.64. The molecule has 4 N–H and O–H groups in total. The summed E-state index contributed by atoms with van der Waals surface area (Å²) in [7, 11) is 1.67. The average molecular weight is 363 g/mol. The predicted octanol–water partition coefficient (Wildman–Crippen LogP) is 1.90. The molecular formula is C20H21N5O2. The molecule has 1 aromatic heterocycles. The number of benzene rings is 2. The first-order valence-electron chi connectivity index (χ1n) is 8.82. The Balaban J connectivity index is 1.67. The van der Waals surface area contributed by atoms with Crippen molar-refractivity contribution in [3.63, 3.8) is 0 Å². The predicted molar refractivity (Wildman–Crippen MR) is 104 cm³/mol. The summed E-state index contributed by atoms with van der Waals surface area (Å²) in [6.07, 6.45) is 1.46. The Hall–Kier alpha value is -3.19. The Morgan fingerprint density at radius 1 is 1.22 bits per heavy atom. The highest BCUT2D eigenvalue weighted by Gasteiger charge is 2.29. The molecule has 2 heterocycles. The van der Waals surface area contributed by atoms with Gasteiger partial charge in [-0.2, -0.15) is 0 Å². The molecule has 7 heteroatoms. The first-order chi connectivity index (χ1) is 13.2. The molecule has 2 aromatic carbocycles. The third-order valence-electron chi connectivity index (χ3n) is 4.99. The van der Waals surface area contributed by atoms with Gasteiger partial charge in [0.15, 0.2) is 0 Å². The summed E-state index contributed by atoms with van der Waals surface area (Å²) in [5.74, 6) is 1.31. The standard InChI is InChI=1S/C20H21N5O2/c1-27-13-5-2-4-12(8-13)16-9-22-10-17(16)25-20-15-7-3-6-14(19(21)26)18(15)23-11-24-20/h2-8,11,16-17,22H,9-10H2,1H3,(H2,21,26)(H,23,24,25)/t16-,17-/m0/s1. The van der Waals surface area contributed by atoms with E-state index in [-0.39, 0.29) is 12.0 Å². The Bertz CT molecular complexity index is 991. The molecule has 1 fully saturated rings. The smallest absolute Gasteiger partial charge is 0.250 e. The van der Waals surface area contributed by atoms with Crippen LogP contribution in [0, 0.1) is 0 Å². The quantitative estimate of drug-likeness (QED) is 0.640. The number of fused-ring (bicyclic) bond motifs is 1. The van der Waals surface area contributed by atoms with Gasteiger partial charge in [-0.15, -0.1) is 0 Å². The van der Waals surface area contributed by atoms with Crippen molar-refractivity contribution >= 4 is 22.6 Å². The van der Waals surface area contributed by atoms with Gasteiger partial charge < -0.3 is 21.1 Å². The van der Waals surface area contributed by atoms with Crippen LogP contribution in [-0.4, -0.2) is 42.1 Å². The molecule has 0 unspecified atom stereocenters. The number of aromatic nitrogens is 2. The summed E-state index contributed by atoms with van der Waals surface area (Å²) < 4.78 is 5.36. The third kappa shape index (κ3) is 3.29. The highest BCUT2D eigenvalue weighted by molar-refractivity contribution is 6.06. The third-order valence-corrected chi connectivity index (χ3v) is 4.99. The van der Waals surface area contributed by atoms with E-state index in [0.717, 1.165) is 24.2 Å². The second-order valence-electron chi connectivity index (χ2n) is 6.58. The summed E-state index contributed by atoms with van der Waals surface area (Å²) in [4.78, 5) is 20.3. The lowest BCUT2D eigenvalue weighted by atomic mass is 9.94. The number of carbonyl (C=O) groups is 1. The van der Waals surface area contributed by atoms with Crippen LogP contribution in [0.2, 0.25) is 0 Å². The fraction of sp³-hybridized carbons (Fsp3) is 0.250. The molecule has 27 heavy (non-hydrogen) atoms. The molecule has 2 atom stereocenters. The van der Waals surface area contributed by atoms with Gasteiger partial charge in [0.05, 0.1) is 18.2 Å². The zero-order chi connectivity index (χ0) is 18.8. The van der Waals surface area contributed by atoms with Gasteiger partial charge in [-0.05, 0) is 29.8 Å². The van der Waals surface area contributed by atoms with Crippen molar-refractivity contribution in [2.24, 2.45) is 5.73 Å². The number of rotatable bonds is 5. The number of amides is 1. The molecule has 0 radical (unpaired) electrons. The Morgan fingerprint density at radius 2 is 2.07 bits per heavy atom. The zero-order valence-electron chi connectivity index (χ0n) is 15.0. The molecule has 1 aliphatic rings. The number of anilines is 1. The normalized spacial score (nSPS) is 19.1. The Morgan fingerprint density at radius 3 is 2.89 bits per heavy atom. The number of para-hydroxylation sites is 1. The molecule has 3 aromatic rings. The second-order valence-corrected chi connectivity index (χ2v) is 6.58. The lowest BCUT2D eigenvalue weighted by Gasteiger charge is -2.22. The molecule has 0 bridgehead atoms. The maximum absolute atomic E-state index is 11.7. The fourth-order valence-corrected chi connectivity index (χ4v) is 3.63. The van der Waals surface area contributed by atoms with E-state index >= 15 is 0 Å². The van der Waals surface area contributed by atoms with E-state index < -0.39 is 5.91 Å². The molecule has 1 amide bonds. The van der Waals surface area contributed by atoms with Crippen molar-refractivity contribution < 1.29 is 9.53 Å². The molecule has 4 rings (SSSR count). The largest absolute Gasteiger partial charge is 0.497 e. The van der Waals surface area contributed by atoms with E-state index in [1.807, 2.05) is 18.2 Å². The number of ether oxygens (including phenoxy) is 1. The zero-order valence-corrected chi connectivity index (χ0v) is 15.0. The highest BCUT2D eigenvalue weighted by Crippen LogP contribution is 2.30. The monoisotopic (exact) mass is 363 g/mol. The van der Waals surface area contributed by atoms with Gasteiger partial charge in [0.2, 0.25) is 0 Å². The minimum Gasteiger partial charge on any atom is -0.497 e. The van der Waals surface area contributed by atoms with E-state index in [1.54, 1.807) is 19.2 Å². The molecule has 0 saturated carbocycles. The van der Waals surface area contributed by atoms with Gasteiger partial charge in [-0.1, -0.05) is 18.2 Å². The van der Waals surface area contributed by atoms with Crippen LogP contribution < -0.4 is 21.1 Å². The molecule has 138 valence electrons. The van der Waals surface area contributed by atoms with Gasteiger partial charge >= 0.3 is 0 Å². The summed E-state index contributed by atoms with van der Waals surface area (Å²) in [5, 5.41) is 7.75. The van der Waals surface area contributed by atoms with Crippen molar-refractivity contribution in [2.75, 3.05) is 25.5 Å².